The minimum absolute atomic E-state index is 0.118. The van der Waals surface area contributed by atoms with Gasteiger partial charge in [-0.2, -0.15) is 0 Å². The van der Waals surface area contributed by atoms with Crippen LogP contribution >= 0.6 is 0 Å². The van der Waals surface area contributed by atoms with Gasteiger partial charge in [0.05, 0.1) is 6.42 Å². The van der Waals surface area contributed by atoms with Gasteiger partial charge >= 0.3 is 17.9 Å². The van der Waals surface area contributed by atoms with Crippen molar-refractivity contribution >= 4 is 17.9 Å². The summed E-state index contributed by atoms with van der Waals surface area (Å²) in [5, 5.41) is 0. The number of hydrogen-bond acceptors (Lipinski definition) is 6. The summed E-state index contributed by atoms with van der Waals surface area (Å²) >= 11 is 0. The molecule has 0 spiro atoms. The highest BCUT2D eigenvalue weighted by molar-refractivity contribution is 5.72. The first kappa shape index (κ1) is 77.0. The fourth-order valence-electron chi connectivity index (χ4n) is 8.84. The number of carbonyl (C=O) groups is 3. The molecule has 82 heavy (non-hydrogen) atoms. The monoisotopic (exact) mass is 1130 g/mol. The van der Waals surface area contributed by atoms with E-state index in [0.717, 1.165) is 122 Å². The van der Waals surface area contributed by atoms with E-state index >= 15 is 0 Å². The van der Waals surface area contributed by atoms with E-state index in [2.05, 4.69) is 167 Å². The Bertz CT molecular complexity index is 1830. The summed E-state index contributed by atoms with van der Waals surface area (Å²) in [5.74, 6) is -1.06. The Morgan fingerprint density at radius 1 is 0.268 bits per heavy atom. The van der Waals surface area contributed by atoms with Gasteiger partial charge in [0.25, 0.3) is 0 Å². The highest BCUT2D eigenvalue weighted by Gasteiger charge is 2.19. The minimum atomic E-state index is -0.831. The lowest BCUT2D eigenvalue weighted by Crippen LogP contribution is -2.30. The lowest BCUT2D eigenvalue weighted by atomic mass is 10.1. The average molecular weight is 1130 g/mol. The number of hydrogen-bond donors (Lipinski definition) is 0. The van der Waals surface area contributed by atoms with E-state index in [1.165, 1.54) is 122 Å². The Morgan fingerprint density at radius 2 is 0.524 bits per heavy atom. The lowest BCUT2D eigenvalue weighted by Gasteiger charge is -2.18. The number of unbranched alkanes of at least 4 members (excludes halogenated alkanes) is 23. The molecule has 0 fully saturated rings. The number of carbonyl (C=O) groups excluding carboxylic acids is 3. The van der Waals surface area contributed by atoms with Crippen molar-refractivity contribution in [3.8, 4) is 0 Å². The molecule has 0 aromatic rings. The summed E-state index contributed by atoms with van der Waals surface area (Å²) in [6, 6.07) is 0. The fraction of sp³-hybridized carbons (Fsp3) is 0.618. The van der Waals surface area contributed by atoms with Crippen LogP contribution in [0.1, 0.15) is 284 Å². The summed E-state index contributed by atoms with van der Waals surface area (Å²) in [6.45, 7) is 6.32. The molecule has 6 heteroatoms. The molecule has 0 aliphatic heterocycles. The zero-order valence-corrected chi connectivity index (χ0v) is 52.9. The van der Waals surface area contributed by atoms with Crippen LogP contribution in [0.2, 0.25) is 0 Å². The second kappa shape index (κ2) is 68.5. The summed E-state index contributed by atoms with van der Waals surface area (Å²) in [6.07, 6.45) is 100.0. The van der Waals surface area contributed by atoms with Crippen molar-refractivity contribution < 1.29 is 28.6 Å². The van der Waals surface area contributed by atoms with Crippen LogP contribution < -0.4 is 0 Å². The second-order valence-corrected chi connectivity index (χ2v) is 21.6. The summed E-state index contributed by atoms with van der Waals surface area (Å²) < 4.78 is 16.8. The predicted octanol–water partition coefficient (Wildman–Crippen LogP) is 23.3. The topological polar surface area (TPSA) is 78.9 Å². The third-order valence-electron chi connectivity index (χ3n) is 13.8. The Morgan fingerprint density at radius 3 is 0.866 bits per heavy atom. The Labute approximate surface area is 505 Å². The molecule has 0 aliphatic carbocycles. The summed E-state index contributed by atoms with van der Waals surface area (Å²) in [5.41, 5.74) is 0. The van der Waals surface area contributed by atoms with Gasteiger partial charge in [-0.1, -0.05) is 294 Å². The van der Waals surface area contributed by atoms with Crippen LogP contribution in [0.15, 0.2) is 158 Å². The van der Waals surface area contributed by atoms with Crippen molar-refractivity contribution in [3.63, 3.8) is 0 Å². The summed E-state index contributed by atoms with van der Waals surface area (Å²) in [4.78, 5) is 38.3. The Kier molecular flexibility index (Phi) is 64.4. The van der Waals surface area contributed by atoms with E-state index in [4.69, 9.17) is 14.2 Å². The third kappa shape index (κ3) is 65.8. The zero-order valence-electron chi connectivity index (χ0n) is 52.9. The average Bonchev–Trinajstić information content (AvgIpc) is 3.47. The van der Waals surface area contributed by atoms with Crippen molar-refractivity contribution in [3.05, 3.63) is 158 Å². The number of esters is 3. The van der Waals surface area contributed by atoms with Crippen molar-refractivity contribution in [1.29, 1.82) is 0 Å². The van der Waals surface area contributed by atoms with Crippen molar-refractivity contribution in [2.24, 2.45) is 0 Å². The van der Waals surface area contributed by atoms with E-state index in [-0.39, 0.29) is 31.6 Å². The second-order valence-electron chi connectivity index (χ2n) is 21.6. The molecule has 462 valence electrons. The Hall–Kier alpha value is -4.97. The van der Waals surface area contributed by atoms with E-state index in [1.807, 2.05) is 6.08 Å². The molecule has 0 saturated heterocycles. The Balaban J connectivity index is 4.40. The number of ether oxygens (including phenoxy) is 3. The molecule has 1 unspecified atom stereocenters. The maximum absolute atomic E-state index is 12.9. The molecule has 6 nitrogen and oxygen atoms in total. The van der Waals surface area contributed by atoms with Crippen LogP contribution in [-0.4, -0.2) is 37.2 Å². The molecular weight excluding hydrogens is 1010 g/mol. The standard InChI is InChI=1S/C76H122O6/c1-4-7-10-13-16-19-22-25-28-30-32-33-34-35-36-37-38-39-40-41-42-43-44-46-48-51-54-57-60-63-66-69-75(78)81-72-73(71-80-74(77)68-65-62-59-56-53-50-47-27-24-21-18-15-12-9-6-3)82-76(79)70-67-64-61-58-55-52-49-45-31-29-26-23-20-17-14-11-8-5-2/h7,9-10,12,16,18-19,21,25,27-29,31-33,35-36,38-39,41-42,47,53,56,62,65,73H,4-6,8,11,13-15,17,20,22-24,26,30,34,37,40,43-46,48-52,54-55,57-61,63-64,66-72H2,1-3H3/b10-7-,12-9-,19-16-,21-18-,28-25-,31-29-,33-32-,36-35-,39-38-,42-41-,47-27-,56-53-,65-62-. The van der Waals surface area contributed by atoms with E-state index in [1.54, 1.807) is 6.08 Å². The van der Waals surface area contributed by atoms with Gasteiger partial charge in [0.15, 0.2) is 6.10 Å². The molecule has 0 bridgehead atoms. The van der Waals surface area contributed by atoms with Gasteiger partial charge in [-0.15, -0.1) is 0 Å². The molecule has 0 aromatic carbocycles. The molecule has 0 radical (unpaired) electrons. The normalized spacial score (nSPS) is 13.2. The van der Waals surface area contributed by atoms with Crippen LogP contribution in [0, 0.1) is 0 Å². The molecule has 0 heterocycles. The smallest absolute Gasteiger partial charge is 0.309 e. The molecular formula is C76H122O6. The SMILES string of the molecule is CC/C=C\C/C=C\C/C=C\C/C=C\C/C=C\C/C=C\C/C=C\CCCCCCCCCCCC(=O)OCC(COC(=O)C/C=C\C/C=C\C/C=C\C/C=C\C/C=C\CC)OC(=O)CCCCCCCCC/C=C\CCCCCCCCC. The minimum Gasteiger partial charge on any atom is -0.462 e. The number of rotatable bonds is 59. The van der Waals surface area contributed by atoms with Gasteiger partial charge in [-0.05, 0) is 128 Å². The van der Waals surface area contributed by atoms with E-state index < -0.39 is 12.1 Å². The lowest BCUT2D eigenvalue weighted by molar-refractivity contribution is -0.166. The van der Waals surface area contributed by atoms with Crippen LogP contribution in [0.5, 0.6) is 0 Å². The van der Waals surface area contributed by atoms with Gasteiger partial charge in [0.2, 0.25) is 0 Å². The van der Waals surface area contributed by atoms with Crippen LogP contribution in [0.4, 0.5) is 0 Å². The van der Waals surface area contributed by atoms with Crippen LogP contribution in [0.3, 0.4) is 0 Å². The first-order chi connectivity index (χ1) is 40.5. The quantitative estimate of drug-likeness (QED) is 0.0261. The molecule has 1 atom stereocenters. The van der Waals surface area contributed by atoms with Gasteiger partial charge in [-0.25, -0.2) is 0 Å². The van der Waals surface area contributed by atoms with Gasteiger partial charge in [-0.3, -0.25) is 14.4 Å². The van der Waals surface area contributed by atoms with E-state index in [0.29, 0.717) is 12.8 Å². The molecule has 0 amide bonds. The maximum atomic E-state index is 12.9. The fourth-order valence-corrected chi connectivity index (χ4v) is 8.84. The molecule has 0 rings (SSSR count). The van der Waals surface area contributed by atoms with Gasteiger partial charge < -0.3 is 14.2 Å². The third-order valence-corrected chi connectivity index (χ3v) is 13.8. The highest BCUT2D eigenvalue weighted by atomic mass is 16.6. The molecule has 0 N–H and O–H groups in total. The molecule has 0 saturated carbocycles. The summed E-state index contributed by atoms with van der Waals surface area (Å²) in [7, 11) is 0. The van der Waals surface area contributed by atoms with Crippen molar-refractivity contribution in [1.82, 2.24) is 0 Å². The zero-order chi connectivity index (χ0) is 59.2. The number of allylic oxidation sites excluding steroid dienone is 25. The van der Waals surface area contributed by atoms with Crippen LogP contribution in [0.25, 0.3) is 0 Å². The first-order valence-corrected chi connectivity index (χ1v) is 33.5. The maximum Gasteiger partial charge on any atom is 0.309 e. The van der Waals surface area contributed by atoms with Crippen LogP contribution in [-0.2, 0) is 28.6 Å². The van der Waals surface area contributed by atoms with Gasteiger partial charge in [0.1, 0.15) is 13.2 Å². The largest absolute Gasteiger partial charge is 0.462 e. The highest BCUT2D eigenvalue weighted by Crippen LogP contribution is 2.15. The van der Waals surface area contributed by atoms with Crippen molar-refractivity contribution in [2.75, 3.05) is 13.2 Å². The van der Waals surface area contributed by atoms with Gasteiger partial charge in [0, 0.05) is 12.8 Å². The predicted molar refractivity (Wildman–Crippen MR) is 357 cm³/mol. The van der Waals surface area contributed by atoms with E-state index in [9.17, 15) is 14.4 Å². The molecule has 0 aliphatic rings. The molecule has 0 aromatic heterocycles. The van der Waals surface area contributed by atoms with Crippen molar-refractivity contribution in [2.45, 2.75) is 290 Å². The first-order valence-electron chi connectivity index (χ1n) is 33.5.